The van der Waals surface area contributed by atoms with Crippen molar-refractivity contribution >= 4 is 12.7 Å². The van der Waals surface area contributed by atoms with Crippen LogP contribution in [-0.4, -0.2) is 26.7 Å². The van der Waals surface area contributed by atoms with Crippen molar-refractivity contribution in [1.29, 1.82) is 0 Å². The van der Waals surface area contributed by atoms with E-state index in [1.165, 1.54) is 24.3 Å². The molecule has 1 aromatic carbocycles. The average molecular weight is 310 g/mol. The molecule has 0 unspecified atom stereocenters. The Hall–Kier alpha value is -0.749. The zero-order valence-corrected chi connectivity index (χ0v) is 13.5. The second-order valence-corrected chi connectivity index (χ2v) is 3.80. The van der Waals surface area contributed by atoms with Crippen molar-refractivity contribution in [1.82, 2.24) is 14.8 Å². The number of benzene rings is 1. The van der Waals surface area contributed by atoms with Crippen molar-refractivity contribution < 1.29 is 69.3 Å². The SMILES string of the molecule is O=[N+]([O-])c1ccc(-c2ncn(C[B-](F)(F)F)n2)cc1.[K+]. The van der Waals surface area contributed by atoms with Gasteiger partial charge in [0.1, 0.15) is 6.33 Å². The zero-order chi connectivity index (χ0) is 14.0. The van der Waals surface area contributed by atoms with Gasteiger partial charge < -0.3 is 12.9 Å². The third-order valence-electron chi connectivity index (χ3n) is 2.27. The Morgan fingerprint density at radius 3 is 2.35 bits per heavy atom. The summed E-state index contributed by atoms with van der Waals surface area (Å²) in [6, 6.07) is 5.25. The molecule has 0 aliphatic heterocycles. The van der Waals surface area contributed by atoms with Crippen molar-refractivity contribution in [2.24, 2.45) is 0 Å². The fourth-order valence-electron chi connectivity index (χ4n) is 1.46. The van der Waals surface area contributed by atoms with Gasteiger partial charge in [-0.2, -0.15) is 5.10 Å². The minimum absolute atomic E-state index is 0. The molecule has 0 bridgehead atoms. The number of halogens is 3. The van der Waals surface area contributed by atoms with Crippen LogP contribution >= 0.6 is 0 Å². The second kappa shape index (κ2) is 6.81. The Morgan fingerprint density at radius 1 is 1.25 bits per heavy atom. The molecule has 0 spiro atoms. The summed E-state index contributed by atoms with van der Waals surface area (Å²) in [6.07, 6.45) is -0.189. The van der Waals surface area contributed by atoms with Crippen LogP contribution < -0.4 is 51.4 Å². The zero-order valence-electron chi connectivity index (χ0n) is 10.4. The van der Waals surface area contributed by atoms with E-state index in [1.807, 2.05) is 0 Å². The Bertz CT molecular complexity index is 602. The number of non-ortho nitro benzene ring substituents is 1. The van der Waals surface area contributed by atoms with Crippen LogP contribution in [0.25, 0.3) is 11.4 Å². The van der Waals surface area contributed by atoms with E-state index in [2.05, 4.69) is 10.1 Å². The predicted molar refractivity (Wildman–Crippen MR) is 61.2 cm³/mol. The number of nitro groups is 1. The van der Waals surface area contributed by atoms with E-state index in [9.17, 15) is 23.1 Å². The van der Waals surface area contributed by atoms with Gasteiger partial charge in [-0.25, -0.2) is 4.98 Å². The van der Waals surface area contributed by atoms with E-state index in [0.717, 1.165) is 6.33 Å². The Labute approximate surface area is 154 Å². The summed E-state index contributed by atoms with van der Waals surface area (Å²) in [6.45, 7) is -4.99. The number of nitro benzene ring substituents is 1. The summed E-state index contributed by atoms with van der Waals surface area (Å²) in [5.41, 5.74) is 0.306. The molecule has 0 atom stereocenters. The van der Waals surface area contributed by atoms with Crippen molar-refractivity contribution in [2.45, 2.75) is 6.44 Å². The first-order valence-corrected chi connectivity index (χ1v) is 5.20. The molecule has 0 saturated heterocycles. The van der Waals surface area contributed by atoms with Gasteiger partial charge in [0, 0.05) is 24.1 Å². The summed E-state index contributed by atoms with van der Waals surface area (Å²) in [5.74, 6) is 0.0925. The molecule has 11 heteroatoms. The molecule has 0 saturated carbocycles. The normalized spacial score (nSPS) is 10.9. The van der Waals surface area contributed by atoms with Crippen LogP contribution in [0, 0.1) is 10.1 Å². The van der Waals surface area contributed by atoms with E-state index in [4.69, 9.17) is 0 Å². The molecule has 100 valence electrons. The molecule has 0 radical (unpaired) electrons. The van der Waals surface area contributed by atoms with Crippen LogP contribution in [0.3, 0.4) is 0 Å². The molecule has 2 aromatic rings. The molecule has 1 heterocycles. The fraction of sp³-hybridized carbons (Fsp3) is 0.111. The molecule has 0 aliphatic rings. The second-order valence-electron chi connectivity index (χ2n) is 3.80. The first-order valence-electron chi connectivity index (χ1n) is 5.20. The Balaban J connectivity index is 0.00000200. The van der Waals surface area contributed by atoms with Crippen LogP contribution in [0.2, 0.25) is 0 Å². The molecule has 0 N–H and O–H groups in total. The van der Waals surface area contributed by atoms with Gasteiger partial charge in [0.05, 0.1) is 4.92 Å². The molecule has 0 fully saturated rings. The van der Waals surface area contributed by atoms with Gasteiger partial charge in [-0.3, -0.25) is 14.8 Å². The molecular formula is C9H7BF3KN4O2. The molecule has 6 nitrogen and oxygen atoms in total. The molecule has 0 amide bonds. The van der Waals surface area contributed by atoms with Crippen molar-refractivity contribution in [2.75, 3.05) is 0 Å². The third kappa shape index (κ3) is 4.67. The maximum atomic E-state index is 12.2. The van der Waals surface area contributed by atoms with Gasteiger partial charge in [-0.1, -0.05) is 0 Å². The van der Waals surface area contributed by atoms with Gasteiger partial charge in [0.2, 0.25) is 0 Å². The topological polar surface area (TPSA) is 73.8 Å². The summed E-state index contributed by atoms with van der Waals surface area (Å²) < 4.78 is 37.3. The van der Waals surface area contributed by atoms with Crippen molar-refractivity contribution in [3.8, 4) is 11.4 Å². The Morgan fingerprint density at radius 2 is 1.85 bits per heavy atom. The first-order chi connectivity index (χ1) is 8.85. The molecule has 0 aliphatic carbocycles. The van der Waals surface area contributed by atoms with E-state index in [-0.39, 0.29) is 62.9 Å². The third-order valence-corrected chi connectivity index (χ3v) is 2.27. The number of hydrogen-bond donors (Lipinski definition) is 0. The van der Waals surface area contributed by atoms with Gasteiger partial charge in [0.25, 0.3) is 5.69 Å². The number of nitrogens with zero attached hydrogens (tertiary/aromatic N) is 4. The van der Waals surface area contributed by atoms with E-state index < -0.39 is 18.3 Å². The summed E-state index contributed by atoms with van der Waals surface area (Å²) in [4.78, 5) is 13.6. The number of rotatable bonds is 4. The smallest absolute Gasteiger partial charge is 0.448 e. The number of hydrogen-bond acceptors (Lipinski definition) is 4. The molecule has 20 heavy (non-hydrogen) atoms. The summed E-state index contributed by atoms with van der Waals surface area (Å²) >= 11 is 0. The van der Waals surface area contributed by atoms with Crippen molar-refractivity contribution in [3.05, 3.63) is 40.7 Å². The van der Waals surface area contributed by atoms with Crippen LogP contribution in [-0.2, 0) is 6.44 Å². The predicted octanol–water partition coefficient (Wildman–Crippen LogP) is -0.756. The maximum absolute atomic E-state index is 12.2. The summed E-state index contributed by atoms with van der Waals surface area (Å²) in [5, 5.41) is 14.1. The van der Waals surface area contributed by atoms with Crippen LogP contribution in [0.1, 0.15) is 0 Å². The number of aromatic nitrogens is 3. The fourth-order valence-corrected chi connectivity index (χ4v) is 1.46. The Kier molecular flexibility index (Phi) is 5.89. The van der Waals surface area contributed by atoms with Gasteiger partial charge in [-0.15, -0.1) is 0 Å². The van der Waals surface area contributed by atoms with E-state index >= 15 is 0 Å². The van der Waals surface area contributed by atoms with Crippen LogP contribution in [0.5, 0.6) is 0 Å². The maximum Gasteiger partial charge on any atom is 1.00 e. The minimum atomic E-state index is -4.99. The monoisotopic (exact) mass is 310 g/mol. The first kappa shape index (κ1) is 17.3. The van der Waals surface area contributed by atoms with Crippen LogP contribution in [0.15, 0.2) is 30.6 Å². The standard InChI is InChI=1S/C9H7BF3N4O2.K/c11-10(12,13)5-16-6-14-9(15-16)7-1-3-8(4-2-7)17(18)19;/h1-4,6H,5H2;/q-1;+1. The average Bonchev–Trinajstić information content (AvgIpc) is 2.75. The largest absolute Gasteiger partial charge is 1.00 e. The van der Waals surface area contributed by atoms with Gasteiger partial charge in [0.15, 0.2) is 5.82 Å². The van der Waals surface area contributed by atoms with Crippen LogP contribution in [0.4, 0.5) is 18.6 Å². The molecule has 2 rings (SSSR count). The van der Waals surface area contributed by atoms with E-state index in [1.54, 1.807) is 0 Å². The molecule has 1 aromatic heterocycles. The van der Waals surface area contributed by atoms with E-state index in [0.29, 0.717) is 10.2 Å². The molecular weight excluding hydrogens is 303 g/mol. The van der Waals surface area contributed by atoms with Crippen molar-refractivity contribution in [3.63, 3.8) is 0 Å². The minimum Gasteiger partial charge on any atom is -0.448 e. The quantitative estimate of drug-likeness (QED) is 0.423. The van der Waals surface area contributed by atoms with Gasteiger partial charge in [-0.05, 0) is 12.1 Å². The summed E-state index contributed by atoms with van der Waals surface area (Å²) in [7, 11) is 0. The van der Waals surface area contributed by atoms with Gasteiger partial charge >= 0.3 is 58.4 Å².